The van der Waals surface area contributed by atoms with Gasteiger partial charge in [0.1, 0.15) is 0 Å². The average molecular weight is 307 g/mol. The van der Waals surface area contributed by atoms with Crippen LogP contribution in [0.1, 0.15) is 63.9 Å². The molecule has 2 aliphatic carbocycles. The molecule has 2 aliphatic rings. The molecule has 3 rings (SSSR count). The molecule has 1 aromatic carbocycles. The molecular weight excluding hydrogens is 282 g/mol. The van der Waals surface area contributed by atoms with Crippen molar-refractivity contribution in [2.24, 2.45) is 0 Å². The SMILES string of the molecule is CC(C)c1ccc(S(=O)(=O)N(C2CCCC2)C2CC2)cc1. The van der Waals surface area contributed by atoms with E-state index in [9.17, 15) is 8.42 Å². The second-order valence-electron chi connectivity index (χ2n) is 6.73. The fourth-order valence-corrected chi connectivity index (χ4v) is 5.25. The molecule has 21 heavy (non-hydrogen) atoms. The van der Waals surface area contributed by atoms with Gasteiger partial charge in [-0.3, -0.25) is 0 Å². The Morgan fingerprint density at radius 3 is 1.95 bits per heavy atom. The van der Waals surface area contributed by atoms with Gasteiger partial charge in [0.2, 0.25) is 10.0 Å². The van der Waals surface area contributed by atoms with Gasteiger partial charge in [-0.15, -0.1) is 0 Å². The van der Waals surface area contributed by atoms with Crippen LogP contribution in [-0.2, 0) is 10.0 Å². The molecule has 0 spiro atoms. The van der Waals surface area contributed by atoms with E-state index in [0.29, 0.717) is 10.8 Å². The number of benzene rings is 1. The molecular formula is C17H25NO2S. The summed E-state index contributed by atoms with van der Waals surface area (Å²) in [5, 5.41) is 0. The van der Waals surface area contributed by atoms with Gasteiger partial charge in [-0.1, -0.05) is 38.8 Å². The van der Waals surface area contributed by atoms with Crippen molar-refractivity contribution in [2.45, 2.75) is 75.3 Å². The minimum atomic E-state index is -3.33. The van der Waals surface area contributed by atoms with Crippen LogP contribution in [0, 0.1) is 0 Å². The second kappa shape index (κ2) is 5.73. The van der Waals surface area contributed by atoms with Crippen molar-refractivity contribution in [3.05, 3.63) is 29.8 Å². The Morgan fingerprint density at radius 2 is 1.48 bits per heavy atom. The van der Waals surface area contributed by atoms with Gasteiger partial charge in [0, 0.05) is 12.1 Å². The van der Waals surface area contributed by atoms with Crippen LogP contribution in [0.3, 0.4) is 0 Å². The van der Waals surface area contributed by atoms with E-state index in [0.717, 1.165) is 38.5 Å². The minimum Gasteiger partial charge on any atom is -0.207 e. The second-order valence-corrected chi connectivity index (χ2v) is 8.57. The van der Waals surface area contributed by atoms with Gasteiger partial charge < -0.3 is 0 Å². The summed E-state index contributed by atoms with van der Waals surface area (Å²) in [7, 11) is -3.33. The smallest absolute Gasteiger partial charge is 0.207 e. The highest BCUT2D eigenvalue weighted by atomic mass is 32.2. The molecule has 0 saturated heterocycles. The van der Waals surface area contributed by atoms with Gasteiger partial charge in [0.25, 0.3) is 0 Å². The predicted octanol–water partition coefficient (Wildman–Crippen LogP) is 3.91. The molecule has 0 aromatic heterocycles. The van der Waals surface area contributed by atoms with E-state index in [1.807, 2.05) is 16.4 Å². The molecule has 1 aromatic rings. The molecule has 0 aliphatic heterocycles. The molecule has 2 fully saturated rings. The maximum Gasteiger partial charge on any atom is 0.243 e. The number of rotatable bonds is 5. The third-order valence-electron chi connectivity index (χ3n) is 4.71. The van der Waals surface area contributed by atoms with Gasteiger partial charge in [-0.2, -0.15) is 4.31 Å². The number of nitrogens with zero attached hydrogens (tertiary/aromatic N) is 1. The van der Waals surface area contributed by atoms with Crippen LogP contribution in [0.25, 0.3) is 0 Å². The molecule has 0 amide bonds. The molecule has 0 N–H and O–H groups in total. The first kappa shape index (κ1) is 15.0. The monoisotopic (exact) mass is 307 g/mol. The van der Waals surface area contributed by atoms with Crippen molar-refractivity contribution in [3.63, 3.8) is 0 Å². The Labute approximate surface area is 128 Å². The lowest BCUT2D eigenvalue weighted by molar-refractivity contribution is 0.314. The van der Waals surface area contributed by atoms with E-state index >= 15 is 0 Å². The Balaban J connectivity index is 1.89. The molecule has 3 nitrogen and oxygen atoms in total. The van der Waals surface area contributed by atoms with Crippen LogP contribution < -0.4 is 0 Å². The summed E-state index contributed by atoms with van der Waals surface area (Å²) in [4.78, 5) is 0.464. The highest BCUT2D eigenvalue weighted by molar-refractivity contribution is 7.89. The van der Waals surface area contributed by atoms with Crippen LogP contribution in [0.5, 0.6) is 0 Å². The summed E-state index contributed by atoms with van der Waals surface area (Å²) < 4.78 is 27.9. The normalized spacial score (nSPS) is 20.6. The number of hydrogen-bond acceptors (Lipinski definition) is 2. The van der Waals surface area contributed by atoms with Crippen molar-refractivity contribution in [1.29, 1.82) is 0 Å². The van der Waals surface area contributed by atoms with Gasteiger partial charge in [0.05, 0.1) is 4.90 Å². The van der Waals surface area contributed by atoms with Crippen LogP contribution in [0.15, 0.2) is 29.2 Å². The Hall–Kier alpha value is -0.870. The van der Waals surface area contributed by atoms with E-state index in [1.165, 1.54) is 5.56 Å². The number of hydrogen-bond donors (Lipinski definition) is 0. The summed E-state index contributed by atoms with van der Waals surface area (Å²) >= 11 is 0. The zero-order chi connectivity index (χ0) is 15.0. The highest BCUT2D eigenvalue weighted by Gasteiger charge is 2.43. The summed E-state index contributed by atoms with van der Waals surface area (Å²) in [5.41, 5.74) is 1.19. The Morgan fingerprint density at radius 1 is 0.952 bits per heavy atom. The predicted molar refractivity (Wildman–Crippen MR) is 84.8 cm³/mol. The molecule has 4 heteroatoms. The van der Waals surface area contributed by atoms with Gasteiger partial charge >= 0.3 is 0 Å². The maximum atomic E-state index is 13.0. The highest BCUT2D eigenvalue weighted by Crippen LogP contribution is 2.38. The molecule has 0 bridgehead atoms. The topological polar surface area (TPSA) is 37.4 Å². The maximum absolute atomic E-state index is 13.0. The van der Waals surface area contributed by atoms with Crippen molar-refractivity contribution in [1.82, 2.24) is 4.31 Å². The van der Waals surface area contributed by atoms with E-state index in [4.69, 9.17) is 0 Å². The third-order valence-corrected chi connectivity index (χ3v) is 6.73. The first-order chi connectivity index (χ1) is 10.00. The van der Waals surface area contributed by atoms with Crippen LogP contribution in [0.2, 0.25) is 0 Å². The fourth-order valence-electron chi connectivity index (χ4n) is 3.32. The minimum absolute atomic E-state index is 0.229. The van der Waals surface area contributed by atoms with Gasteiger partial charge in [-0.05, 0) is 49.3 Å². The summed E-state index contributed by atoms with van der Waals surface area (Å²) in [6.07, 6.45) is 6.44. The van der Waals surface area contributed by atoms with Crippen LogP contribution in [-0.4, -0.2) is 24.8 Å². The molecule has 0 atom stereocenters. The van der Waals surface area contributed by atoms with Gasteiger partial charge in [-0.25, -0.2) is 8.42 Å². The molecule has 2 saturated carbocycles. The molecule has 0 unspecified atom stereocenters. The Kier molecular flexibility index (Phi) is 4.10. The van der Waals surface area contributed by atoms with Crippen molar-refractivity contribution in [3.8, 4) is 0 Å². The lowest BCUT2D eigenvalue weighted by Crippen LogP contribution is -2.40. The lowest BCUT2D eigenvalue weighted by Gasteiger charge is -2.28. The van der Waals surface area contributed by atoms with Crippen LogP contribution >= 0.6 is 0 Å². The van der Waals surface area contributed by atoms with Crippen LogP contribution in [0.4, 0.5) is 0 Å². The summed E-state index contributed by atoms with van der Waals surface area (Å²) in [5.74, 6) is 0.427. The van der Waals surface area contributed by atoms with E-state index < -0.39 is 10.0 Å². The largest absolute Gasteiger partial charge is 0.243 e. The summed E-state index contributed by atoms with van der Waals surface area (Å²) in [6.45, 7) is 4.25. The number of sulfonamides is 1. The molecule has 0 heterocycles. The Bertz CT molecular complexity index is 582. The fraction of sp³-hybridized carbons (Fsp3) is 0.647. The van der Waals surface area contributed by atoms with Crippen molar-refractivity contribution in [2.75, 3.05) is 0 Å². The molecule has 0 radical (unpaired) electrons. The first-order valence-corrected chi connectivity index (χ1v) is 9.57. The zero-order valence-electron chi connectivity index (χ0n) is 13.0. The molecule has 116 valence electrons. The standard InChI is InChI=1S/C17H25NO2S/c1-13(2)14-7-11-17(12-8-14)21(19,20)18(16-9-10-16)15-5-3-4-6-15/h7-8,11-13,15-16H,3-6,9-10H2,1-2H3. The average Bonchev–Trinajstić information content (AvgIpc) is 3.13. The van der Waals surface area contributed by atoms with Crippen molar-refractivity contribution < 1.29 is 8.42 Å². The summed E-state index contributed by atoms with van der Waals surface area (Å²) in [6, 6.07) is 7.97. The van der Waals surface area contributed by atoms with Gasteiger partial charge in [0.15, 0.2) is 0 Å². The van der Waals surface area contributed by atoms with E-state index in [-0.39, 0.29) is 12.1 Å². The quantitative estimate of drug-likeness (QED) is 0.827. The third kappa shape index (κ3) is 3.02. The first-order valence-electron chi connectivity index (χ1n) is 8.13. The van der Waals surface area contributed by atoms with Crippen molar-refractivity contribution >= 4 is 10.0 Å². The lowest BCUT2D eigenvalue weighted by atomic mass is 10.0. The zero-order valence-corrected chi connectivity index (χ0v) is 13.8. The van der Waals surface area contributed by atoms with E-state index in [1.54, 1.807) is 12.1 Å². The van der Waals surface area contributed by atoms with E-state index in [2.05, 4.69) is 13.8 Å².